The summed E-state index contributed by atoms with van der Waals surface area (Å²) in [6.45, 7) is 4.09. The number of hydrogen-bond acceptors (Lipinski definition) is 3. The zero-order chi connectivity index (χ0) is 21.3. The van der Waals surface area contributed by atoms with E-state index in [2.05, 4.69) is 38.3 Å². The van der Waals surface area contributed by atoms with Crippen molar-refractivity contribution in [2.75, 3.05) is 5.32 Å². The molecular weight excluding hydrogens is 464 g/mol. The number of amides is 1. The molecule has 0 radical (unpaired) electrons. The summed E-state index contributed by atoms with van der Waals surface area (Å²) in [6, 6.07) is 20.7. The zero-order valence-electron chi connectivity index (χ0n) is 16.4. The molecule has 150 valence electrons. The fraction of sp³-hybridized carbons (Fsp3) is 0.0870. The van der Waals surface area contributed by atoms with Gasteiger partial charge in [-0.1, -0.05) is 51.8 Å². The number of benzene rings is 3. The number of anilines is 1. The molecule has 4 rings (SSSR count). The van der Waals surface area contributed by atoms with E-state index in [9.17, 15) is 4.79 Å². The van der Waals surface area contributed by atoms with E-state index in [1.807, 2.05) is 55.5 Å². The Bertz CT molecular complexity index is 1250. The monoisotopic (exact) mass is 480 g/mol. The Labute approximate surface area is 187 Å². The topological polar surface area (TPSA) is 59.8 Å². The lowest BCUT2D eigenvalue weighted by atomic mass is 10.1. The van der Waals surface area contributed by atoms with E-state index in [0.717, 1.165) is 21.3 Å². The van der Waals surface area contributed by atoms with E-state index >= 15 is 0 Å². The molecule has 7 heteroatoms. The van der Waals surface area contributed by atoms with E-state index in [1.54, 1.807) is 22.9 Å². The SMILES string of the molecule is Cc1ccc(-n2nc(C(=O)Nc3cccc(Br)c3)nc2-c2cccc(Cl)c2)cc1C. The highest BCUT2D eigenvalue weighted by atomic mass is 79.9. The van der Waals surface area contributed by atoms with Crippen molar-refractivity contribution in [1.82, 2.24) is 14.8 Å². The Balaban J connectivity index is 1.79. The van der Waals surface area contributed by atoms with E-state index in [0.29, 0.717) is 16.5 Å². The number of carbonyl (C=O) groups excluding carboxylic acids is 1. The third kappa shape index (κ3) is 4.30. The van der Waals surface area contributed by atoms with Crippen molar-refractivity contribution >= 4 is 39.1 Å². The van der Waals surface area contributed by atoms with E-state index in [-0.39, 0.29) is 11.7 Å². The molecule has 1 N–H and O–H groups in total. The van der Waals surface area contributed by atoms with Gasteiger partial charge in [-0.3, -0.25) is 4.79 Å². The summed E-state index contributed by atoms with van der Waals surface area (Å²) in [4.78, 5) is 17.4. The molecule has 0 aliphatic carbocycles. The normalized spacial score (nSPS) is 10.8. The van der Waals surface area contributed by atoms with Gasteiger partial charge in [0.1, 0.15) is 0 Å². The number of nitrogens with one attached hydrogen (secondary N) is 1. The van der Waals surface area contributed by atoms with Crippen LogP contribution in [0.3, 0.4) is 0 Å². The highest BCUT2D eigenvalue weighted by molar-refractivity contribution is 9.10. The lowest BCUT2D eigenvalue weighted by Crippen LogP contribution is -2.14. The maximum absolute atomic E-state index is 12.9. The Morgan fingerprint density at radius 2 is 1.80 bits per heavy atom. The minimum Gasteiger partial charge on any atom is -0.319 e. The van der Waals surface area contributed by atoms with Gasteiger partial charge >= 0.3 is 0 Å². The lowest BCUT2D eigenvalue weighted by molar-refractivity contribution is 0.101. The first kappa shape index (κ1) is 20.3. The molecule has 1 amide bonds. The summed E-state index contributed by atoms with van der Waals surface area (Å²) in [6.07, 6.45) is 0. The van der Waals surface area contributed by atoms with Gasteiger partial charge in [-0.05, 0) is 67.4 Å². The molecule has 0 atom stereocenters. The van der Waals surface area contributed by atoms with Crippen LogP contribution in [0.4, 0.5) is 5.69 Å². The minimum absolute atomic E-state index is 0.0724. The van der Waals surface area contributed by atoms with Crippen molar-refractivity contribution < 1.29 is 4.79 Å². The fourth-order valence-electron chi connectivity index (χ4n) is 3.01. The first-order valence-electron chi connectivity index (χ1n) is 9.28. The second-order valence-corrected chi connectivity index (χ2v) is 8.27. The van der Waals surface area contributed by atoms with Gasteiger partial charge in [0.15, 0.2) is 5.82 Å². The van der Waals surface area contributed by atoms with Crippen LogP contribution in [-0.4, -0.2) is 20.7 Å². The van der Waals surface area contributed by atoms with Crippen LogP contribution in [0.25, 0.3) is 17.1 Å². The highest BCUT2D eigenvalue weighted by Crippen LogP contribution is 2.25. The molecule has 0 fully saturated rings. The van der Waals surface area contributed by atoms with Crippen molar-refractivity contribution in [3.63, 3.8) is 0 Å². The van der Waals surface area contributed by atoms with E-state index in [4.69, 9.17) is 11.6 Å². The van der Waals surface area contributed by atoms with E-state index in [1.165, 1.54) is 5.56 Å². The van der Waals surface area contributed by atoms with Crippen LogP contribution in [0.1, 0.15) is 21.7 Å². The van der Waals surface area contributed by atoms with Crippen molar-refractivity contribution in [2.45, 2.75) is 13.8 Å². The summed E-state index contributed by atoms with van der Waals surface area (Å²) in [5, 5.41) is 7.94. The van der Waals surface area contributed by atoms with Gasteiger partial charge in [-0.15, -0.1) is 5.10 Å². The minimum atomic E-state index is -0.390. The predicted molar refractivity (Wildman–Crippen MR) is 123 cm³/mol. The zero-order valence-corrected chi connectivity index (χ0v) is 18.7. The average Bonchev–Trinajstić information content (AvgIpc) is 3.16. The van der Waals surface area contributed by atoms with Gasteiger partial charge < -0.3 is 5.32 Å². The molecule has 5 nitrogen and oxygen atoms in total. The molecule has 0 spiro atoms. The Morgan fingerprint density at radius 1 is 1.00 bits per heavy atom. The van der Waals surface area contributed by atoms with Crippen LogP contribution in [-0.2, 0) is 0 Å². The smallest absolute Gasteiger partial charge is 0.295 e. The van der Waals surface area contributed by atoms with Crippen LogP contribution < -0.4 is 5.32 Å². The number of hydrogen-bond donors (Lipinski definition) is 1. The van der Waals surface area contributed by atoms with Gasteiger partial charge in [0.2, 0.25) is 5.82 Å². The number of rotatable bonds is 4. The highest BCUT2D eigenvalue weighted by Gasteiger charge is 2.19. The number of carbonyl (C=O) groups is 1. The summed E-state index contributed by atoms with van der Waals surface area (Å²) in [5.74, 6) is 0.224. The molecule has 0 saturated heterocycles. The Kier molecular flexibility index (Phi) is 5.70. The molecule has 30 heavy (non-hydrogen) atoms. The maximum atomic E-state index is 12.9. The van der Waals surface area contributed by atoms with Gasteiger partial charge in [-0.2, -0.15) is 0 Å². The molecule has 3 aromatic carbocycles. The first-order chi connectivity index (χ1) is 14.4. The molecule has 0 bridgehead atoms. The van der Waals surface area contributed by atoms with Crippen LogP contribution in [0, 0.1) is 13.8 Å². The molecule has 4 aromatic rings. The number of halogens is 2. The molecule has 0 saturated carbocycles. The second-order valence-electron chi connectivity index (χ2n) is 6.91. The van der Waals surface area contributed by atoms with Crippen molar-refractivity contribution in [1.29, 1.82) is 0 Å². The summed E-state index contributed by atoms with van der Waals surface area (Å²) < 4.78 is 2.54. The van der Waals surface area contributed by atoms with Crippen molar-refractivity contribution in [3.8, 4) is 17.1 Å². The van der Waals surface area contributed by atoms with Crippen molar-refractivity contribution in [2.24, 2.45) is 0 Å². The number of aryl methyl sites for hydroxylation is 2. The number of aromatic nitrogens is 3. The molecule has 1 aromatic heterocycles. The number of nitrogens with zero attached hydrogens (tertiary/aromatic N) is 3. The van der Waals surface area contributed by atoms with E-state index < -0.39 is 0 Å². The van der Waals surface area contributed by atoms with Crippen molar-refractivity contribution in [3.05, 3.63) is 93.2 Å². The third-order valence-electron chi connectivity index (χ3n) is 4.71. The quantitative estimate of drug-likeness (QED) is 0.376. The van der Waals surface area contributed by atoms with Gasteiger partial charge in [0.05, 0.1) is 5.69 Å². The summed E-state index contributed by atoms with van der Waals surface area (Å²) >= 11 is 9.59. The Hall–Kier alpha value is -2.96. The van der Waals surface area contributed by atoms with Crippen LogP contribution in [0.5, 0.6) is 0 Å². The molecule has 0 aliphatic heterocycles. The predicted octanol–water partition coefficient (Wildman–Crippen LogP) is 6.22. The largest absolute Gasteiger partial charge is 0.319 e. The third-order valence-corrected chi connectivity index (χ3v) is 5.44. The summed E-state index contributed by atoms with van der Waals surface area (Å²) in [5.41, 5.74) is 4.55. The van der Waals surface area contributed by atoms with Crippen LogP contribution in [0.2, 0.25) is 5.02 Å². The van der Waals surface area contributed by atoms with Gasteiger partial charge in [0.25, 0.3) is 5.91 Å². The average molecular weight is 482 g/mol. The Morgan fingerprint density at radius 3 is 2.53 bits per heavy atom. The second kappa shape index (κ2) is 8.42. The molecule has 0 aliphatic rings. The lowest BCUT2D eigenvalue weighted by Gasteiger charge is -2.08. The first-order valence-corrected chi connectivity index (χ1v) is 10.5. The van der Waals surface area contributed by atoms with Gasteiger partial charge in [0, 0.05) is 20.7 Å². The van der Waals surface area contributed by atoms with Gasteiger partial charge in [-0.25, -0.2) is 9.67 Å². The van der Waals surface area contributed by atoms with Crippen LogP contribution >= 0.6 is 27.5 Å². The molecule has 1 heterocycles. The summed E-state index contributed by atoms with van der Waals surface area (Å²) in [7, 11) is 0. The maximum Gasteiger partial charge on any atom is 0.295 e. The fourth-order valence-corrected chi connectivity index (χ4v) is 3.60. The van der Waals surface area contributed by atoms with Crippen LogP contribution in [0.15, 0.2) is 71.2 Å². The molecule has 0 unspecified atom stereocenters. The molecular formula is C23H18BrClN4O. The standard InChI is InChI=1S/C23H18BrClN4O/c1-14-9-10-20(11-15(14)2)29-22(16-5-3-7-18(25)12-16)27-21(28-29)23(30)26-19-8-4-6-17(24)13-19/h3-13H,1-2H3,(H,26,30).